The lowest BCUT2D eigenvalue weighted by atomic mass is 10.2. The lowest BCUT2D eigenvalue weighted by molar-refractivity contribution is 0.195. The summed E-state index contributed by atoms with van der Waals surface area (Å²) in [5.74, 6) is 0. The van der Waals surface area contributed by atoms with Crippen molar-refractivity contribution in [1.82, 2.24) is 0 Å². The summed E-state index contributed by atoms with van der Waals surface area (Å²) < 4.78 is 0. The maximum atomic E-state index is 9.89. The first kappa shape index (κ1) is 12.7. The predicted molar refractivity (Wildman–Crippen MR) is 74.2 cm³/mol. The van der Waals surface area contributed by atoms with Crippen molar-refractivity contribution in [2.45, 2.75) is 6.10 Å². The number of thiophene rings is 1. The van der Waals surface area contributed by atoms with Gasteiger partial charge in [0.2, 0.25) is 0 Å². The lowest BCUT2D eigenvalue weighted by Crippen LogP contribution is -2.11. The molecular weight excluding hydrogens is 277 g/mol. The molecule has 0 aliphatic carbocycles. The van der Waals surface area contributed by atoms with Crippen molar-refractivity contribution in [3.8, 4) is 0 Å². The molecule has 2 rings (SSSR count). The fraction of sp³-hybridized carbons (Fsp3) is 0.167. The van der Waals surface area contributed by atoms with Gasteiger partial charge in [0.1, 0.15) is 6.10 Å². The van der Waals surface area contributed by atoms with Crippen LogP contribution in [-0.4, -0.2) is 11.7 Å². The van der Waals surface area contributed by atoms with E-state index in [0.29, 0.717) is 16.6 Å². The Balaban J connectivity index is 1.98. The van der Waals surface area contributed by atoms with Gasteiger partial charge in [-0.25, -0.2) is 0 Å². The molecule has 0 amide bonds. The molecule has 1 atom stereocenters. The molecule has 90 valence electrons. The Labute approximate surface area is 114 Å². The zero-order chi connectivity index (χ0) is 12.3. The maximum Gasteiger partial charge on any atom is 0.105 e. The van der Waals surface area contributed by atoms with E-state index in [1.165, 1.54) is 11.3 Å². The molecule has 0 bridgehead atoms. The maximum absolute atomic E-state index is 9.89. The molecule has 17 heavy (non-hydrogen) atoms. The van der Waals surface area contributed by atoms with Crippen molar-refractivity contribution in [3.05, 3.63) is 50.6 Å². The second-order valence-corrected chi connectivity index (χ2v) is 5.36. The Hall–Kier alpha value is -0.740. The fourth-order valence-electron chi connectivity index (χ4n) is 1.42. The minimum atomic E-state index is -0.526. The van der Waals surface area contributed by atoms with E-state index in [-0.39, 0.29) is 0 Å². The van der Waals surface area contributed by atoms with Crippen LogP contribution in [0.15, 0.2) is 35.7 Å². The first-order chi connectivity index (χ1) is 8.16. The van der Waals surface area contributed by atoms with E-state index in [0.717, 1.165) is 10.6 Å². The molecule has 2 aromatic rings. The number of nitrogens with one attached hydrogen (secondary N) is 1. The molecule has 0 aliphatic rings. The number of hydrogen-bond acceptors (Lipinski definition) is 3. The first-order valence-corrected chi connectivity index (χ1v) is 6.71. The number of benzene rings is 1. The highest BCUT2D eigenvalue weighted by molar-refractivity contribution is 7.10. The molecule has 0 radical (unpaired) electrons. The van der Waals surface area contributed by atoms with Gasteiger partial charge in [-0.1, -0.05) is 29.3 Å². The SMILES string of the molecule is OC(CNc1ccc(Cl)cc1Cl)c1cccs1. The van der Waals surface area contributed by atoms with Crippen molar-refractivity contribution >= 4 is 40.2 Å². The van der Waals surface area contributed by atoms with Gasteiger partial charge in [0, 0.05) is 16.4 Å². The molecule has 2 nitrogen and oxygen atoms in total. The second-order valence-electron chi connectivity index (χ2n) is 3.54. The van der Waals surface area contributed by atoms with Gasteiger partial charge in [-0.05, 0) is 29.6 Å². The topological polar surface area (TPSA) is 32.3 Å². The zero-order valence-corrected chi connectivity index (χ0v) is 11.2. The summed E-state index contributed by atoms with van der Waals surface area (Å²) in [6, 6.07) is 9.04. The van der Waals surface area contributed by atoms with Crippen molar-refractivity contribution in [2.24, 2.45) is 0 Å². The summed E-state index contributed by atoms with van der Waals surface area (Å²) in [7, 11) is 0. The van der Waals surface area contributed by atoms with Crippen LogP contribution >= 0.6 is 34.5 Å². The van der Waals surface area contributed by atoms with E-state index in [1.54, 1.807) is 18.2 Å². The minimum Gasteiger partial charge on any atom is -0.386 e. The number of rotatable bonds is 4. The van der Waals surface area contributed by atoms with Crippen molar-refractivity contribution < 1.29 is 5.11 Å². The number of aliphatic hydroxyl groups excluding tert-OH is 1. The van der Waals surface area contributed by atoms with Gasteiger partial charge in [0.15, 0.2) is 0 Å². The van der Waals surface area contributed by atoms with E-state index in [2.05, 4.69) is 5.32 Å². The second kappa shape index (κ2) is 5.74. The van der Waals surface area contributed by atoms with Crippen molar-refractivity contribution in [2.75, 3.05) is 11.9 Å². The lowest BCUT2D eigenvalue weighted by Gasteiger charge is -2.12. The molecule has 0 saturated heterocycles. The van der Waals surface area contributed by atoms with Crippen molar-refractivity contribution in [1.29, 1.82) is 0 Å². The van der Waals surface area contributed by atoms with Gasteiger partial charge in [-0.2, -0.15) is 0 Å². The quantitative estimate of drug-likeness (QED) is 0.883. The third-order valence-corrected chi connectivity index (χ3v) is 3.81. The van der Waals surface area contributed by atoms with Crippen LogP contribution in [0.4, 0.5) is 5.69 Å². The number of halogens is 2. The van der Waals surface area contributed by atoms with Gasteiger partial charge in [0.25, 0.3) is 0 Å². The first-order valence-electron chi connectivity index (χ1n) is 5.07. The van der Waals surface area contributed by atoms with E-state index in [1.807, 2.05) is 17.5 Å². The Bertz CT molecular complexity index is 487. The third-order valence-electron chi connectivity index (χ3n) is 2.29. The molecule has 0 spiro atoms. The van der Waals surface area contributed by atoms with Crippen LogP contribution in [0.25, 0.3) is 0 Å². The van der Waals surface area contributed by atoms with Crippen LogP contribution in [-0.2, 0) is 0 Å². The smallest absolute Gasteiger partial charge is 0.105 e. The molecule has 2 N–H and O–H groups in total. The molecule has 1 unspecified atom stereocenters. The minimum absolute atomic E-state index is 0.419. The molecule has 0 saturated carbocycles. The predicted octanol–water partition coefficient (Wildman–Crippen LogP) is 4.20. The standard InChI is InChI=1S/C12H11Cl2NOS/c13-8-3-4-10(9(14)6-8)15-7-11(16)12-2-1-5-17-12/h1-6,11,15-16H,7H2. The normalized spacial score (nSPS) is 12.4. The van der Waals surface area contributed by atoms with Crippen LogP contribution < -0.4 is 5.32 Å². The van der Waals surface area contributed by atoms with Gasteiger partial charge >= 0.3 is 0 Å². The molecular formula is C12H11Cl2NOS. The molecule has 0 aliphatic heterocycles. The average Bonchev–Trinajstić information content (AvgIpc) is 2.81. The third kappa shape index (κ3) is 3.36. The Morgan fingerprint density at radius 3 is 2.76 bits per heavy atom. The van der Waals surface area contributed by atoms with Gasteiger partial charge in [0.05, 0.1) is 10.7 Å². The largest absolute Gasteiger partial charge is 0.386 e. The Kier molecular flexibility index (Phi) is 4.29. The number of hydrogen-bond donors (Lipinski definition) is 2. The van der Waals surface area contributed by atoms with Gasteiger partial charge < -0.3 is 10.4 Å². The van der Waals surface area contributed by atoms with Crippen LogP contribution in [0.1, 0.15) is 11.0 Å². The fourth-order valence-corrected chi connectivity index (χ4v) is 2.61. The highest BCUT2D eigenvalue weighted by atomic mass is 35.5. The summed E-state index contributed by atoms with van der Waals surface area (Å²) in [6.45, 7) is 0.419. The molecule has 0 fully saturated rings. The monoisotopic (exact) mass is 287 g/mol. The van der Waals surface area contributed by atoms with E-state index < -0.39 is 6.10 Å². The van der Waals surface area contributed by atoms with Crippen LogP contribution in [0.2, 0.25) is 10.0 Å². The average molecular weight is 288 g/mol. The Morgan fingerprint density at radius 2 is 2.12 bits per heavy atom. The van der Waals surface area contributed by atoms with Gasteiger partial charge in [-0.15, -0.1) is 11.3 Å². The summed E-state index contributed by atoms with van der Waals surface area (Å²) in [5.41, 5.74) is 0.770. The van der Waals surface area contributed by atoms with Gasteiger partial charge in [-0.3, -0.25) is 0 Å². The van der Waals surface area contributed by atoms with Crippen LogP contribution in [0.3, 0.4) is 0 Å². The summed E-state index contributed by atoms with van der Waals surface area (Å²) in [5, 5.41) is 16.1. The highest BCUT2D eigenvalue weighted by Crippen LogP contribution is 2.26. The molecule has 1 aromatic carbocycles. The van der Waals surface area contributed by atoms with Crippen molar-refractivity contribution in [3.63, 3.8) is 0 Å². The van der Waals surface area contributed by atoms with E-state index in [9.17, 15) is 5.11 Å². The highest BCUT2D eigenvalue weighted by Gasteiger charge is 2.09. The summed E-state index contributed by atoms with van der Waals surface area (Å²) in [4.78, 5) is 0.933. The number of aliphatic hydroxyl groups is 1. The van der Waals surface area contributed by atoms with E-state index >= 15 is 0 Å². The Morgan fingerprint density at radius 1 is 1.29 bits per heavy atom. The molecule has 1 heterocycles. The van der Waals surface area contributed by atoms with E-state index in [4.69, 9.17) is 23.2 Å². The number of anilines is 1. The van der Waals surface area contributed by atoms with Crippen LogP contribution in [0, 0.1) is 0 Å². The molecule has 5 heteroatoms. The summed E-state index contributed by atoms with van der Waals surface area (Å²) in [6.07, 6.45) is -0.526. The zero-order valence-electron chi connectivity index (χ0n) is 8.86. The summed E-state index contributed by atoms with van der Waals surface area (Å²) >= 11 is 13.3. The van der Waals surface area contributed by atoms with Crippen LogP contribution in [0.5, 0.6) is 0 Å². The molecule has 1 aromatic heterocycles.